The van der Waals surface area contributed by atoms with Crippen molar-refractivity contribution in [2.24, 2.45) is 0 Å². The first-order chi connectivity index (χ1) is 17.2. The minimum atomic E-state index is -0.0361. The summed E-state index contributed by atoms with van der Waals surface area (Å²) < 4.78 is 6.49. The van der Waals surface area contributed by atoms with Crippen molar-refractivity contribution in [3.63, 3.8) is 0 Å². The van der Waals surface area contributed by atoms with Gasteiger partial charge in [-0.25, -0.2) is 0 Å². The number of aromatic nitrogens is 3. The second kappa shape index (κ2) is 9.72. The smallest absolute Gasteiger partial charge is 0.131 e. The summed E-state index contributed by atoms with van der Waals surface area (Å²) in [7, 11) is 0. The number of aryl methyl sites for hydroxylation is 2. The van der Waals surface area contributed by atoms with Crippen LogP contribution in [0.1, 0.15) is 54.8 Å². The summed E-state index contributed by atoms with van der Waals surface area (Å²) in [6, 6.07) is 16.5. The zero-order chi connectivity index (χ0) is 25.4. The molecule has 2 aromatic carbocycles. The zero-order valence-electron chi connectivity index (χ0n) is 21.6. The molecule has 0 atom stereocenters. The van der Waals surface area contributed by atoms with Crippen LogP contribution in [0.15, 0.2) is 54.7 Å². The van der Waals surface area contributed by atoms with Crippen LogP contribution in [-0.2, 0) is 12.0 Å². The van der Waals surface area contributed by atoms with Gasteiger partial charge >= 0.3 is 0 Å². The summed E-state index contributed by atoms with van der Waals surface area (Å²) in [5.74, 6) is 1.19. The zero-order valence-corrected chi connectivity index (χ0v) is 22.3. The molecule has 1 fully saturated rings. The molecule has 3 heterocycles. The Morgan fingerprint density at radius 2 is 1.78 bits per heavy atom. The van der Waals surface area contributed by atoms with Gasteiger partial charge in [-0.2, -0.15) is 5.10 Å². The lowest BCUT2D eigenvalue weighted by Crippen LogP contribution is -2.40. The van der Waals surface area contributed by atoms with Crippen LogP contribution in [-0.4, -0.2) is 28.3 Å². The average molecular weight is 501 g/mol. The van der Waals surface area contributed by atoms with Gasteiger partial charge in [-0.15, -0.1) is 0 Å². The number of nitrogens with one attached hydrogen (secondary N) is 2. The Balaban J connectivity index is 1.62. The minimum absolute atomic E-state index is 0.0361. The molecule has 2 N–H and O–H groups in total. The van der Waals surface area contributed by atoms with Gasteiger partial charge in [-0.3, -0.25) is 10.1 Å². The van der Waals surface area contributed by atoms with Crippen molar-refractivity contribution in [1.29, 1.82) is 0 Å². The van der Waals surface area contributed by atoms with E-state index >= 15 is 0 Å². The molecule has 5 nitrogen and oxygen atoms in total. The van der Waals surface area contributed by atoms with Crippen LogP contribution in [0.4, 0.5) is 0 Å². The number of pyridine rings is 1. The Labute approximate surface area is 218 Å². The molecule has 0 bridgehead atoms. The van der Waals surface area contributed by atoms with E-state index in [4.69, 9.17) is 21.3 Å². The molecular formula is C30H33ClN4O. The largest absolute Gasteiger partial charge is 0.488 e. The van der Waals surface area contributed by atoms with E-state index < -0.39 is 0 Å². The van der Waals surface area contributed by atoms with Crippen molar-refractivity contribution in [3.8, 4) is 28.1 Å². The van der Waals surface area contributed by atoms with Crippen LogP contribution in [0, 0.1) is 13.8 Å². The van der Waals surface area contributed by atoms with E-state index in [0.29, 0.717) is 12.5 Å². The molecule has 1 aliphatic heterocycles. The molecule has 0 unspecified atom stereocenters. The quantitative estimate of drug-likeness (QED) is 0.300. The molecule has 6 heteroatoms. The molecule has 1 aliphatic rings. The van der Waals surface area contributed by atoms with Gasteiger partial charge in [0, 0.05) is 58.7 Å². The fraction of sp³-hybridized carbons (Fsp3) is 0.333. The van der Waals surface area contributed by atoms with Gasteiger partial charge in [0.1, 0.15) is 12.4 Å². The van der Waals surface area contributed by atoms with Crippen LogP contribution in [0.3, 0.4) is 0 Å². The maximum Gasteiger partial charge on any atom is 0.131 e. The highest BCUT2D eigenvalue weighted by Crippen LogP contribution is 2.41. The highest BCUT2D eigenvalue weighted by molar-refractivity contribution is 6.31. The van der Waals surface area contributed by atoms with Crippen LogP contribution >= 0.6 is 11.6 Å². The van der Waals surface area contributed by atoms with E-state index in [-0.39, 0.29) is 5.41 Å². The molecule has 36 heavy (non-hydrogen) atoms. The second-order valence-corrected chi connectivity index (χ2v) is 11.1. The van der Waals surface area contributed by atoms with Crippen LogP contribution in [0.2, 0.25) is 5.02 Å². The predicted molar refractivity (Wildman–Crippen MR) is 147 cm³/mol. The molecule has 0 radical (unpaired) electrons. The van der Waals surface area contributed by atoms with Crippen molar-refractivity contribution >= 4 is 11.6 Å². The van der Waals surface area contributed by atoms with Crippen molar-refractivity contribution in [1.82, 2.24) is 20.5 Å². The van der Waals surface area contributed by atoms with E-state index in [1.54, 1.807) is 0 Å². The van der Waals surface area contributed by atoms with E-state index in [2.05, 4.69) is 67.5 Å². The predicted octanol–water partition coefficient (Wildman–Crippen LogP) is 6.97. The topological polar surface area (TPSA) is 62.8 Å². The van der Waals surface area contributed by atoms with Gasteiger partial charge in [0.2, 0.25) is 0 Å². The molecule has 0 aliphatic carbocycles. The maximum absolute atomic E-state index is 6.77. The molecular weight excluding hydrogens is 468 g/mol. The number of hydrogen-bond acceptors (Lipinski definition) is 4. The summed E-state index contributed by atoms with van der Waals surface area (Å²) in [6.45, 7) is 13.0. The Morgan fingerprint density at radius 1 is 1.03 bits per heavy atom. The number of aromatic amines is 1. The van der Waals surface area contributed by atoms with E-state index in [0.717, 1.165) is 74.3 Å². The van der Waals surface area contributed by atoms with Crippen LogP contribution < -0.4 is 10.1 Å². The average Bonchev–Trinajstić information content (AvgIpc) is 3.25. The SMILES string of the molecule is Cc1cc(C(C)(C)C)c(Cl)cc1-c1cc(OCc2ccccc2)c(-c2c[nH]nc2C2CNC2)c(C)n1. The molecule has 1 saturated heterocycles. The number of halogens is 1. The van der Waals surface area contributed by atoms with Gasteiger partial charge in [-0.1, -0.05) is 68.8 Å². The number of hydrogen-bond donors (Lipinski definition) is 2. The lowest BCUT2D eigenvalue weighted by Gasteiger charge is -2.27. The second-order valence-electron chi connectivity index (χ2n) is 10.7. The van der Waals surface area contributed by atoms with Crippen molar-refractivity contribution in [2.75, 3.05) is 13.1 Å². The molecule has 5 rings (SSSR count). The third kappa shape index (κ3) is 4.78. The molecule has 2 aromatic heterocycles. The van der Waals surface area contributed by atoms with Crippen molar-refractivity contribution < 1.29 is 4.74 Å². The maximum atomic E-state index is 6.77. The summed E-state index contributed by atoms with van der Waals surface area (Å²) in [4.78, 5) is 5.06. The molecule has 0 amide bonds. The third-order valence-electron chi connectivity index (χ3n) is 6.91. The fourth-order valence-corrected chi connectivity index (χ4v) is 5.23. The van der Waals surface area contributed by atoms with E-state index in [1.165, 1.54) is 0 Å². The minimum Gasteiger partial charge on any atom is -0.488 e. The fourth-order valence-electron chi connectivity index (χ4n) is 4.78. The van der Waals surface area contributed by atoms with Gasteiger partial charge in [0.25, 0.3) is 0 Å². The highest BCUT2D eigenvalue weighted by atomic mass is 35.5. The Kier molecular flexibility index (Phi) is 6.62. The summed E-state index contributed by atoms with van der Waals surface area (Å²) in [6.07, 6.45) is 1.97. The molecule has 186 valence electrons. The van der Waals surface area contributed by atoms with Gasteiger partial charge in [-0.05, 0) is 42.0 Å². The monoisotopic (exact) mass is 500 g/mol. The number of nitrogens with zero attached hydrogens (tertiary/aromatic N) is 2. The van der Waals surface area contributed by atoms with Gasteiger partial charge in [0.05, 0.1) is 11.4 Å². The third-order valence-corrected chi connectivity index (χ3v) is 7.22. The Hall–Kier alpha value is -3.15. The van der Waals surface area contributed by atoms with E-state index in [9.17, 15) is 0 Å². The lowest BCUT2D eigenvalue weighted by atomic mass is 9.84. The van der Waals surface area contributed by atoms with Crippen molar-refractivity contribution in [3.05, 3.63) is 87.8 Å². The van der Waals surface area contributed by atoms with Crippen LogP contribution in [0.25, 0.3) is 22.4 Å². The normalized spacial score (nSPS) is 14.1. The van der Waals surface area contributed by atoms with Gasteiger partial charge in [0.15, 0.2) is 0 Å². The molecule has 0 spiro atoms. The first kappa shape index (κ1) is 24.5. The first-order valence-corrected chi connectivity index (χ1v) is 12.8. The van der Waals surface area contributed by atoms with Crippen LogP contribution in [0.5, 0.6) is 5.75 Å². The Morgan fingerprint density at radius 3 is 2.44 bits per heavy atom. The molecule has 0 saturated carbocycles. The summed E-state index contributed by atoms with van der Waals surface area (Å²) >= 11 is 6.77. The van der Waals surface area contributed by atoms with Crippen molar-refractivity contribution in [2.45, 2.75) is 52.6 Å². The summed E-state index contributed by atoms with van der Waals surface area (Å²) in [5, 5.41) is 11.8. The number of ether oxygens (including phenoxy) is 1. The Bertz CT molecular complexity index is 1380. The number of benzene rings is 2. The summed E-state index contributed by atoms with van der Waals surface area (Å²) in [5.41, 5.74) is 9.23. The molecule has 4 aromatic rings. The number of rotatable bonds is 6. The first-order valence-electron chi connectivity index (χ1n) is 12.5. The van der Waals surface area contributed by atoms with E-state index in [1.807, 2.05) is 37.4 Å². The standard InChI is InChI=1S/C30H33ClN4O/c1-18-11-24(30(3,4)5)25(31)12-22(18)26-13-27(36-17-20-9-7-6-8-10-20)28(19(2)34-26)23-16-33-35-29(23)21-14-32-15-21/h6-13,16,21,32H,14-15,17H2,1-5H3,(H,33,35). The highest BCUT2D eigenvalue weighted by Gasteiger charge is 2.28. The lowest BCUT2D eigenvalue weighted by molar-refractivity contribution is 0.307. The number of H-pyrrole nitrogens is 1. The van der Waals surface area contributed by atoms with Gasteiger partial charge < -0.3 is 10.1 Å².